The van der Waals surface area contributed by atoms with Crippen molar-refractivity contribution >= 4 is 38.9 Å². The number of anilines is 2. The minimum atomic E-state index is 0.268. The second-order valence-corrected chi connectivity index (χ2v) is 5.96. The lowest BCUT2D eigenvalue weighted by Crippen LogP contribution is -2.08. The van der Waals surface area contributed by atoms with E-state index in [-0.39, 0.29) is 6.04 Å². The van der Waals surface area contributed by atoms with Crippen molar-refractivity contribution in [3.8, 4) is 0 Å². The second kappa shape index (κ2) is 5.02. The average Bonchev–Trinajstić information content (AvgIpc) is 2.76. The minimum Gasteiger partial charge on any atom is -0.399 e. The van der Waals surface area contributed by atoms with Crippen LogP contribution in [0.25, 0.3) is 0 Å². The molecule has 0 saturated carbocycles. The molecule has 1 aliphatic rings. The molecule has 1 heterocycles. The van der Waals surface area contributed by atoms with Crippen molar-refractivity contribution in [3.05, 3.63) is 51.2 Å². The van der Waals surface area contributed by atoms with Crippen LogP contribution in [0.1, 0.15) is 23.6 Å². The van der Waals surface area contributed by atoms with E-state index in [1.165, 1.54) is 11.1 Å². The Kier molecular flexibility index (Phi) is 3.37. The number of aromatic nitrogens is 1. The Morgan fingerprint density at radius 1 is 1.37 bits per heavy atom. The quantitative estimate of drug-likeness (QED) is 0.638. The molecule has 2 aromatic rings. The number of nitrogens with two attached hydrogens (primary N) is 1. The Bertz CT molecular complexity index is 630. The second-order valence-electron chi connectivity index (χ2n) is 4.69. The van der Waals surface area contributed by atoms with Gasteiger partial charge in [-0.25, -0.2) is 4.98 Å². The van der Waals surface area contributed by atoms with Crippen LogP contribution in [0.4, 0.5) is 11.4 Å². The lowest BCUT2D eigenvalue weighted by Gasteiger charge is -2.16. The largest absolute Gasteiger partial charge is 0.399 e. The molecule has 3 N–H and O–H groups in total. The number of halogens is 2. The maximum atomic E-state index is 6.11. The third-order valence-corrected chi connectivity index (χ3v) is 4.12. The fourth-order valence-corrected chi connectivity index (χ4v) is 2.99. The van der Waals surface area contributed by atoms with Crippen LogP contribution < -0.4 is 11.1 Å². The van der Waals surface area contributed by atoms with Crippen molar-refractivity contribution in [1.82, 2.24) is 4.98 Å². The van der Waals surface area contributed by atoms with Gasteiger partial charge in [0.05, 0.1) is 11.7 Å². The normalized spacial score (nSPS) is 17.3. The number of nitrogens with one attached hydrogen (secondary N) is 1. The number of nitrogen functional groups attached to an aromatic ring is 1. The molecule has 3 nitrogen and oxygen atoms in total. The van der Waals surface area contributed by atoms with Gasteiger partial charge in [-0.3, -0.25) is 0 Å². The van der Waals surface area contributed by atoms with Crippen molar-refractivity contribution in [2.75, 3.05) is 11.1 Å². The molecule has 0 spiro atoms. The van der Waals surface area contributed by atoms with E-state index >= 15 is 0 Å². The lowest BCUT2D eigenvalue weighted by atomic mass is 10.1. The first kappa shape index (κ1) is 12.8. The van der Waals surface area contributed by atoms with E-state index in [1.54, 1.807) is 6.20 Å². The molecule has 0 amide bonds. The minimum absolute atomic E-state index is 0.268. The standard InChI is InChI=1S/C14H13BrClN3/c15-9-6-13(14(16)18-7-9)19-12-4-1-8-5-10(17)2-3-11(8)12/h2-3,5-7,12,19H,1,4,17H2. The molecule has 0 saturated heterocycles. The number of fused-ring (bicyclic) bond motifs is 1. The Hall–Kier alpha value is -1.26. The van der Waals surface area contributed by atoms with Gasteiger partial charge in [0.25, 0.3) is 0 Å². The van der Waals surface area contributed by atoms with Gasteiger partial charge in [-0.1, -0.05) is 17.7 Å². The van der Waals surface area contributed by atoms with Gasteiger partial charge in [0.1, 0.15) is 0 Å². The van der Waals surface area contributed by atoms with Crippen LogP contribution in [0.2, 0.25) is 5.15 Å². The first-order chi connectivity index (χ1) is 9.13. The predicted octanol–water partition coefficient (Wildman–Crippen LogP) is 4.18. The Morgan fingerprint density at radius 2 is 2.21 bits per heavy atom. The van der Waals surface area contributed by atoms with E-state index in [2.05, 4.69) is 38.4 Å². The van der Waals surface area contributed by atoms with Crippen molar-refractivity contribution in [3.63, 3.8) is 0 Å². The van der Waals surface area contributed by atoms with Crippen molar-refractivity contribution < 1.29 is 0 Å². The summed E-state index contributed by atoms with van der Waals surface area (Å²) in [6, 6.07) is 8.31. The van der Waals surface area contributed by atoms with Crippen LogP contribution in [0, 0.1) is 0 Å². The highest BCUT2D eigenvalue weighted by Gasteiger charge is 2.23. The van der Waals surface area contributed by atoms with Gasteiger partial charge in [-0.05, 0) is 58.1 Å². The summed E-state index contributed by atoms with van der Waals surface area (Å²) in [4.78, 5) is 4.13. The zero-order valence-corrected chi connectivity index (χ0v) is 12.5. The number of nitrogens with zero attached hydrogens (tertiary/aromatic N) is 1. The van der Waals surface area contributed by atoms with Gasteiger partial charge in [-0.15, -0.1) is 0 Å². The van der Waals surface area contributed by atoms with E-state index in [9.17, 15) is 0 Å². The SMILES string of the molecule is Nc1ccc2c(c1)CCC2Nc1cc(Br)cnc1Cl. The summed E-state index contributed by atoms with van der Waals surface area (Å²) in [6.45, 7) is 0. The van der Waals surface area contributed by atoms with Gasteiger partial charge in [0.2, 0.25) is 0 Å². The molecule has 1 aliphatic carbocycles. The number of hydrogen-bond acceptors (Lipinski definition) is 3. The summed E-state index contributed by atoms with van der Waals surface area (Å²) in [6.07, 6.45) is 3.77. The van der Waals surface area contributed by atoms with E-state index in [0.717, 1.165) is 28.7 Å². The van der Waals surface area contributed by atoms with Crippen molar-refractivity contribution in [2.24, 2.45) is 0 Å². The van der Waals surface area contributed by atoms with E-state index < -0.39 is 0 Å². The van der Waals surface area contributed by atoms with Gasteiger partial charge in [0, 0.05) is 16.4 Å². The summed E-state index contributed by atoms with van der Waals surface area (Å²) in [7, 11) is 0. The van der Waals surface area contributed by atoms with Crippen LogP contribution in [-0.2, 0) is 6.42 Å². The topological polar surface area (TPSA) is 50.9 Å². The molecule has 1 aromatic heterocycles. The van der Waals surface area contributed by atoms with E-state index in [0.29, 0.717) is 5.15 Å². The van der Waals surface area contributed by atoms with Crippen LogP contribution in [-0.4, -0.2) is 4.98 Å². The third kappa shape index (κ3) is 2.55. The first-order valence-corrected chi connectivity index (χ1v) is 7.26. The molecule has 98 valence electrons. The Morgan fingerprint density at radius 3 is 3.05 bits per heavy atom. The summed E-state index contributed by atoms with van der Waals surface area (Å²) in [5, 5.41) is 3.95. The monoisotopic (exact) mass is 337 g/mol. The highest BCUT2D eigenvalue weighted by atomic mass is 79.9. The summed E-state index contributed by atoms with van der Waals surface area (Å²) < 4.78 is 0.912. The molecule has 0 fully saturated rings. The number of hydrogen-bond donors (Lipinski definition) is 2. The highest BCUT2D eigenvalue weighted by Crippen LogP contribution is 2.36. The Balaban J connectivity index is 1.88. The zero-order valence-electron chi connectivity index (χ0n) is 10.2. The maximum absolute atomic E-state index is 6.11. The number of pyridine rings is 1. The average molecular weight is 339 g/mol. The number of aryl methyl sites for hydroxylation is 1. The van der Waals surface area contributed by atoms with Crippen LogP contribution in [0.5, 0.6) is 0 Å². The van der Waals surface area contributed by atoms with Gasteiger partial charge in [0.15, 0.2) is 5.15 Å². The van der Waals surface area contributed by atoms with Crippen LogP contribution in [0.3, 0.4) is 0 Å². The smallest absolute Gasteiger partial charge is 0.152 e. The highest BCUT2D eigenvalue weighted by molar-refractivity contribution is 9.10. The zero-order chi connectivity index (χ0) is 13.4. The van der Waals surface area contributed by atoms with Gasteiger partial charge < -0.3 is 11.1 Å². The first-order valence-electron chi connectivity index (χ1n) is 6.09. The van der Waals surface area contributed by atoms with Gasteiger partial charge in [-0.2, -0.15) is 0 Å². The third-order valence-electron chi connectivity index (χ3n) is 3.38. The molecule has 3 rings (SSSR count). The summed E-state index contributed by atoms with van der Waals surface area (Å²) in [5.41, 5.74) is 10.1. The Labute approximate surface area is 125 Å². The predicted molar refractivity (Wildman–Crippen MR) is 82.5 cm³/mol. The van der Waals surface area contributed by atoms with E-state index in [1.807, 2.05) is 12.1 Å². The fourth-order valence-electron chi connectivity index (χ4n) is 2.50. The number of benzene rings is 1. The molecule has 0 aliphatic heterocycles. The lowest BCUT2D eigenvalue weighted by molar-refractivity contribution is 0.761. The molecule has 1 aromatic carbocycles. The van der Waals surface area contributed by atoms with Crippen molar-refractivity contribution in [1.29, 1.82) is 0 Å². The molecule has 1 unspecified atom stereocenters. The molecule has 0 radical (unpaired) electrons. The van der Waals surface area contributed by atoms with Crippen molar-refractivity contribution in [2.45, 2.75) is 18.9 Å². The molecule has 0 bridgehead atoms. The molecular weight excluding hydrogens is 326 g/mol. The maximum Gasteiger partial charge on any atom is 0.152 e. The summed E-state index contributed by atoms with van der Waals surface area (Å²) >= 11 is 9.52. The molecule has 1 atom stereocenters. The van der Waals surface area contributed by atoms with E-state index in [4.69, 9.17) is 17.3 Å². The van der Waals surface area contributed by atoms with Gasteiger partial charge >= 0.3 is 0 Å². The van der Waals surface area contributed by atoms with Crippen LogP contribution in [0.15, 0.2) is 34.9 Å². The van der Waals surface area contributed by atoms with Crippen LogP contribution >= 0.6 is 27.5 Å². The summed E-state index contributed by atoms with van der Waals surface area (Å²) in [5.74, 6) is 0. The molecule has 5 heteroatoms. The molecular formula is C14H13BrClN3. The fraction of sp³-hybridized carbons (Fsp3) is 0.214. The number of rotatable bonds is 2. The molecule has 19 heavy (non-hydrogen) atoms.